The normalized spacial score (nSPS) is 11.8. The summed E-state index contributed by atoms with van der Waals surface area (Å²) in [6.45, 7) is 3.70. The number of alkyl halides is 3. The molecule has 2 rings (SSSR count). The molecule has 0 aliphatic carbocycles. The first kappa shape index (κ1) is 18.0. The number of aromatic nitrogens is 2. The molecule has 130 valence electrons. The standard InChI is InChI=1S/C16H17F4N3O/c1-10(2)23(9-11-7-21-22(3)8-11)15(24)12-4-5-14(17)13(6-12)16(18,19)20/h4-8,10H,9H2,1-3H3. The molecule has 0 aliphatic heterocycles. The van der Waals surface area contributed by atoms with E-state index < -0.39 is 23.5 Å². The molecule has 4 nitrogen and oxygen atoms in total. The van der Waals surface area contributed by atoms with Crippen molar-refractivity contribution in [1.29, 1.82) is 0 Å². The van der Waals surface area contributed by atoms with Crippen LogP contribution in [0.3, 0.4) is 0 Å². The summed E-state index contributed by atoms with van der Waals surface area (Å²) >= 11 is 0. The highest BCUT2D eigenvalue weighted by atomic mass is 19.4. The minimum atomic E-state index is -4.85. The highest BCUT2D eigenvalue weighted by Crippen LogP contribution is 2.32. The third-order valence-corrected chi connectivity index (χ3v) is 3.51. The number of hydrogen-bond acceptors (Lipinski definition) is 2. The summed E-state index contributed by atoms with van der Waals surface area (Å²) in [6, 6.07) is 2.03. The third kappa shape index (κ3) is 3.93. The monoisotopic (exact) mass is 343 g/mol. The van der Waals surface area contributed by atoms with Gasteiger partial charge in [0.15, 0.2) is 0 Å². The number of nitrogens with zero attached hydrogens (tertiary/aromatic N) is 3. The summed E-state index contributed by atoms with van der Waals surface area (Å²) in [5, 5.41) is 4.00. The van der Waals surface area contributed by atoms with Crippen molar-refractivity contribution in [3.05, 3.63) is 53.1 Å². The molecular formula is C16H17F4N3O. The smallest absolute Gasteiger partial charge is 0.332 e. The van der Waals surface area contributed by atoms with Crippen LogP contribution >= 0.6 is 0 Å². The van der Waals surface area contributed by atoms with Gasteiger partial charge < -0.3 is 4.90 Å². The number of amides is 1. The van der Waals surface area contributed by atoms with Crippen LogP contribution in [0.4, 0.5) is 17.6 Å². The average molecular weight is 343 g/mol. The van der Waals surface area contributed by atoms with Crippen LogP contribution in [-0.4, -0.2) is 26.6 Å². The van der Waals surface area contributed by atoms with Crippen molar-refractivity contribution in [1.82, 2.24) is 14.7 Å². The molecule has 2 aromatic rings. The minimum absolute atomic E-state index is 0.197. The Balaban J connectivity index is 2.33. The highest BCUT2D eigenvalue weighted by Gasteiger charge is 2.35. The van der Waals surface area contributed by atoms with Crippen LogP contribution < -0.4 is 0 Å². The van der Waals surface area contributed by atoms with Gasteiger partial charge in [0, 0.05) is 37.0 Å². The van der Waals surface area contributed by atoms with Gasteiger partial charge in [-0.2, -0.15) is 18.3 Å². The molecule has 0 fully saturated rings. The topological polar surface area (TPSA) is 38.1 Å². The summed E-state index contributed by atoms with van der Waals surface area (Å²) in [4.78, 5) is 14.0. The molecule has 0 radical (unpaired) electrons. The molecule has 1 amide bonds. The summed E-state index contributed by atoms with van der Waals surface area (Å²) in [7, 11) is 1.72. The summed E-state index contributed by atoms with van der Waals surface area (Å²) < 4.78 is 53.4. The number of carbonyl (C=O) groups excluding carboxylic acids is 1. The molecule has 1 aromatic carbocycles. The Morgan fingerprint density at radius 1 is 1.33 bits per heavy atom. The number of aryl methyl sites for hydroxylation is 1. The molecule has 8 heteroatoms. The highest BCUT2D eigenvalue weighted by molar-refractivity contribution is 5.94. The molecule has 1 heterocycles. The zero-order chi connectivity index (χ0) is 18.1. The van der Waals surface area contributed by atoms with Crippen LogP contribution in [0.25, 0.3) is 0 Å². The molecule has 0 N–H and O–H groups in total. The van der Waals surface area contributed by atoms with Crippen LogP contribution in [-0.2, 0) is 19.8 Å². The number of benzene rings is 1. The van der Waals surface area contributed by atoms with Gasteiger partial charge in [0.25, 0.3) is 5.91 Å². The van der Waals surface area contributed by atoms with E-state index >= 15 is 0 Å². The van der Waals surface area contributed by atoms with Gasteiger partial charge in [0.1, 0.15) is 5.82 Å². The number of halogens is 4. The van der Waals surface area contributed by atoms with Gasteiger partial charge in [0.2, 0.25) is 0 Å². The largest absolute Gasteiger partial charge is 0.419 e. The SMILES string of the molecule is CC(C)N(Cc1cnn(C)c1)C(=O)c1ccc(F)c(C(F)(F)F)c1. The predicted molar refractivity (Wildman–Crippen MR) is 79.6 cm³/mol. The van der Waals surface area contributed by atoms with Crippen molar-refractivity contribution in [3.8, 4) is 0 Å². The van der Waals surface area contributed by atoms with Crippen molar-refractivity contribution >= 4 is 5.91 Å². The van der Waals surface area contributed by atoms with E-state index in [1.165, 1.54) is 4.90 Å². The Hall–Kier alpha value is -2.38. The van der Waals surface area contributed by atoms with Crippen molar-refractivity contribution in [3.63, 3.8) is 0 Å². The molecule has 1 aromatic heterocycles. The van der Waals surface area contributed by atoms with E-state index in [1.807, 2.05) is 0 Å². The van der Waals surface area contributed by atoms with E-state index in [4.69, 9.17) is 0 Å². The molecule has 24 heavy (non-hydrogen) atoms. The molecule has 0 spiro atoms. The van der Waals surface area contributed by atoms with Crippen LogP contribution in [0.5, 0.6) is 0 Å². The van der Waals surface area contributed by atoms with Crippen LogP contribution in [0.1, 0.15) is 35.3 Å². The number of carbonyl (C=O) groups is 1. The van der Waals surface area contributed by atoms with Crippen molar-refractivity contribution in [2.45, 2.75) is 32.6 Å². The first-order valence-electron chi connectivity index (χ1n) is 7.25. The lowest BCUT2D eigenvalue weighted by atomic mass is 10.1. The lowest BCUT2D eigenvalue weighted by molar-refractivity contribution is -0.140. The first-order chi connectivity index (χ1) is 11.1. The fraction of sp³-hybridized carbons (Fsp3) is 0.375. The molecule has 0 saturated carbocycles. The molecular weight excluding hydrogens is 326 g/mol. The predicted octanol–water partition coefficient (Wildman–Crippen LogP) is 3.63. The van der Waals surface area contributed by atoms with E-state index in [-0.39, 0.29) is 18.2 Å². The number of hydrogen-bond donors (Lipinski definition) is 0. The molecule has 0 aliphatic rings. The van der Waals surface area contributed by atoms with Gasteiger partial charge in [-0.05, 0) is 32.0 Å². The van der Waals surface area contributed by atoms with E-state index in [0.29, 0.717) is 12.1 Å². The quantitative estimate of drug-likeness (QED) is 0.795. The zero-order valence-electron chi connectivity index (χ0n) is 13.4. The second-order valence-electron chi connectivity index (χ2n) is 5.74. The fourth-order valence-corrected chi connectivity index (χ4v) is 2.28. The van der Waals surface area contributed by atoms with Gasteiger partial charge in [-0.25, -0.2) is 4.39 Å². The maximum absolute atomic E-state index is 13.4. The van der Waals surface area contributed by atoms with Crippen molar-refractivity contribution in [2.24, 2.45) is 7.05 Å². The Bertz CT molecular complexity index is 737. The lowest BCUT2D eigenvalue weighted by Crippen LogP contribution is -2.36. The van der Waals surface area contributed by atoms with E-state index in [0.717, 1.165) is 11.6 Å². The number of rotatable bonds is 4. The second kappa shape index (κ2) is 6.62. The maximum Gasteiger partial charge on any atom is 0.419 e. The van der Waals surface area contributed by atoms with Gasteiger partial charge in [-0.15, -0.1) is 0 Å². The van der Waals surface area contributed by atoms with Gasteiger partial charge >= 0.3 is 6.18 Å². The Morgan fingerprint density at radius 3 is 2.50 bits per heavy atom. The van der Waals surface area contributed by atoms with Gasteiger partial charge in [-0.3, -0.25) is 9.48 Å². The molecule has 0 saturated heterocycles. The fourth-order valence-electron chi connectivity index (χ4n) is 2.28. The average Bonchev–Trinajstić information content (AvgIpc) is 2.88. The Morgan fingerprint density at radius 2 is 2.00 bits per heavy atom. The molecule has 0 unspecified atom stereocenters. The summed E-state index contributed by atoms with van der Waals surface area (Å²) in [6.07, 6.45) is -1.56. The lowest BCUT2D eigenvalue weighted by Gasteiger charge is -2.26. The first-order valence-corrected chi connectivity index (χ1v) is 7.25. The van der Waals surface area contributed by atoms with Crippen LogP contribution in [0.15, 0.2) is 30.6 Å². The maximum atomic E-state index is 13.4. The van der Waals surface area contributed by atoms with E-state index in [9.17, 15) is 22.4 Å². The van der Waals surface area contributed by atoms with Crippen molar-refractivity contribution < 1.29 is 22.4 Å². The van der Waals surface area contributed by atoms with Crippen molar-refractivity contribution in [2.75, 3.05) is 0 Å². The van der Waals surface area contributed by atoms with Crippen LogP contribution in [0.2, 0.25) is 0 Å². The zero-order valence-corrected chi connectivity index (χ0v) is 13.4. The summed E-state index contributed by atoms with van der Waals surface area (Å²) in [5.41, 5.74) is -0.905. The van der Waals surface area contributed by atoms with E-state index in [1.54, 1.807) is 38.0 Å². The van der Waals surface area contributed by atoms with E-state index in [2.05, 4.69) is 5.10 Å². The van der Waals surface area contributed by atoms with Gasteiger partial charge in [-0.1, -0.05) is 0 Å². The summed E-state index contributed by atoms with van der Waals surface area (Å²) in [5.74, 6) is -2.00. The molecule has 0 bridgehead atoms. The Labute approximate surface area is 136 Å². The minimum Gasteiger partial charge on any atom is -0.332 e. The third-order valence-electron chi connectivity index (χ3n) is 3.51. The van der Waals surface area contributed by atoms with Crippen LogP contribution in [0, 0.1) is 5.82 Å². The second-order valence-corrected chi connectivity index (χ2v) is 5.74. The Kier molecular flexibility index (Phi) is 4.96. The molecule has 0 atom stereocenters. The van der Waals surface area contributed by atoms with Gasteiger partial charge in [0.05, 0.1) is 11.8 Å².